The molecule has 0 saturated carbocycles. The van der Waals surface area contributed by atoms with Gasteiger partial charge in [-0.25, -0.2) is 8.42 Å². The van der Waals surface area contributed by atoms with E-state index in [1.54, 1.807) is 18.0 Å². The molecule has 1 amide bonds. The molecule has 1 aromatic carbocycles. The van der Waals surface area contributed by atoms with E-state index in [1.807, 2.05) is 43.1 Å². The van der Waals surface area contributed by atoms with Gasteiger partial charge in [0.25, 0.3) is 0 Å². The fourth-order valence-corrected chi connectivity index (χ4v) is 5.41. The quantitative estimate of drug-likeness (QED) is 0.542. The van der Waals surface area contributed by atoms with Crippen LogP contribution in [0.15, 0.2) is 30.6 Å². The monoisotopic (exact) mass is 510 g/mol. The molecule has 8 nitrogen and oxygen atoms in total. The molecule has 34 heavy (non-hydrogen) atoms. The van der Waals surface area contributed by atoms with Crippen LogP contribution < -0.4 is 4.90 Å². The van der Waals surface area contributed by atoms with Gasteiger partial charge in [0.05, 0.1) is 30.5 Å². The summed E-state index contributed by atoms with van der Waals surface area (Å²) >= 11 is 6.31. The van der Waals surface area contributed by atoms with Crippen LogP contribution in [0.5, 0.6) is 0 Å². The number of nitrogens with zero attached hydrogens (tertiary/aromatic N) is 4. The van der Waals surface area contributed by atoms with Crippen molar-refractivity contribution in [2.45, 2.75) is 45.2 Å². The van der Waals surface area contributed by atoms with Crippen molar-refractivity contribution in [2.75, 3.05) is 50.3 Å². The number of rotatable bonds is 8. The molecule has 0 atom stereocenters. The second-order valence-electron chi connectivity index (χ2n) is 8.71. The topological polar surface area (TPSA) is 84.7 Å². The average molecular weight is 511 g/mol. The number of hydrogen-bond donors (Lipinski definition) is 0. The van der Waals surface area contributed by atoms with Crippen LogP contribution in [0.3, 0.4) is 0 Å². The third-order valence-corrected chi connectivity index (χ3v) is 7.59. The highest BCUT2D eigenvalue weighted by Crippen LogP contribution is 2.48. The highest BCUT2D eigenvalue weighted by molar-refractivity contribution is 7.90. The van der Waals surface area contributed by atoms with Gasteiger partial charge in [0.2, 0.25) is 5.91 Å². The minimum absolute atomic E-state index is 0.0734. The Kier molecular flexibility index (Phi) is 8.78. The molecular weight excluding hydrogens is 476 g/mol. The zero-order valence-electron chi connectivity index (χ0n) is 20.5. The number of aromatic nitrogens is 2. The molecule has 3 heterocycles. The van der Waals surface area contributed by atoms with Crippen LogP contribution in [-0.4, -0.2) is 74.4 Å². The van der Waals surface area contributed by atoms with Crippen molar-refractivity contribution < 1.29 is 17.9 Å². The van der Waals surface area contributed by atoms with Gasteiger partial charge in [-0.05, 0) is 49.7 Å². The fraction of sp³-hybridized carbons (Fsp3) is 0.583. The molecule has 4 rings (SSSR count). The average Bonchev–Trinajstić information content (AvgIpc) is 3.35. The lowest BCUT2D eigenvalue weighted by Crippen LogP contribution is -2.49. The number of ether oxygens (including phenoxy) is 1. The largest absolute Gasteiger partial charge is 0.383 e. The summed E-state index contributed by atoms with van der Waals surface area (Å²) in [5, 5.41) is 4.93. The molecule has 2 aliphatic heterocycles. The van der Waals surface area contributed by atoms with Gasteiger partial charge in [-0.2, -0.15) is 5.10 Å². The number of amides is 1. The number of sulfone groups is 1. The highest BCUT2D eigenvalue weighted by Gasteiger charge is 2.51. The summed E-state index contributed by atoms with van der Waals surface area (Å²) in [6, 6.07) is 5.73. The van der Waals surface area contributed by atoms with Crippen LogP contribution >= 0.6 is 11.6 Å². The number of likely N-dealkylation sites (tertiary alicyclic amines) is 1. The number of carbonyl (C=O) groups is 1. The molecule has 1 aromatic heterocycles. The van der Waals surface area contributed by atoms with Gasteiger partial charge in [-0.3, -0.25) is 14.4 Å². The summed E-state index contributed by atoms with van der Waals surface area (Å²) in [6.45, 7) is 7.65. The third kappa shape index (κ3) is 5.82. The van der Waals surface area contributed by atoms with Crippen LogP contribution in [-0.2, 0) is 37.9 Å². The van der Waals surface area contributed by atoms with E-state index >= 15 is 0 Å². The summed E-state index contributed by atoms with van der Waals surface area (Å²) in [5.41, 5.74) is 2.47. The van der Waals surface area contributed by atoms with Gasteiger partial charge >= 0.3 is 0 Å². The van der Waals surface area contributed by atoms with E-state index in [1.165, 1.54) is 6.26 Å². The summed E-state index contributed by atoms with van der Waals surface area (Å²) < 4.78 is 29.6. The van der Waals surface area contributed by atoms with E-state index in [9.17, 15) is 13.2 Å². The van der Waals surface area contributed by atoms with E-state index in [2.05, 4.69) is 10.00 Å². The molecule has 0 radical (unpaired) electrons. The van der Waals surface area contributed by atoms with Crippen molar-refractivity contribution in [1.82, 2.24) is 14.7 Å². The van der Waals surface area contributed by atoms with Crippen molar-refractivity contribution in [3.63, 3.8) is 0 Å². The molecule has 2 aromatic rings. The molecule has 10 heteroatoms. The predicted molar refractivity (Wildman–Crippen MR) is 135 cm³/mol. The molecule has 1 fully saturated rings. The number of methoxy groups -OCH3 is 1. The molecule has 0 aliphatic carbocycles. The summed E-state index contributed by atoms with van der Waals surface area (Å²) in [4.78, 5) is 17.7. The predicted octanol–water partition coefficient (Wildman–Crippen LogP) is 3.13. The Morgan fingerprint density at radius 2 is 1.88 bits per heavy atom. The standard InChI is InChI=1S/C22H29ClN4O4S.C2H6/c1-31-11-9-27-20-4-3-18(23)13-19(20)22(21(27)28)5-7-25(8-6-22)15-17-14-24-26(16-17)10-12-32(2,29)30;1-2/h3-4,13-14,16H,5-12,15H2,1-2H3;1-2H3. The van der Waals surface area contributed by atoms with Gasteiger partial charge in [-0.15, -0.1) is 0 Å². The maximum atomic E-state index is 13.5. The van der Waals surface area contributed by atoms with Crippen molar-refractivity contribution in [3.8, 4) is 0 Å². The van der Waals surface area contributed by atoms with E-state index in [0.717, 1.165) is 49.3 Å². The zero-order valence-corrected chi connectivity index (χ0v) is 22.0. The molecule has 2 aliphatic rings. The fourth-order valence-electron chi connectivity index (χ4n) is 4.72. The lowest BCUT2D eigenvalue weighted by atomic mass is 9.73. The summed E-state index contributed by atoms with van der Waals surface area (Å²) in [5.74, 6) is 0.212. The number of anilines is 1. The zero-order chi connectivity index (χ0) is 24.9. The van der Waals surface area contributed by atoms with E-state index in [0.29, 0.717) is 24.7 Å². The van der Waals surface area contributed by atoms with Crippen LogP contribution in [0.1, 0.15) is 37.8 Å². The number of carbonyl (C=O) groups excluding carboxylic acids is 1. The van der Waals surface area contributed by atoms with Crippen molar-refractivity contribution >= 4 is 33.0 Å². The molecule has 1 spiro atoms. The van der Waals surface area contributed by atoms with Crippen molar-refractivity contribution in [2.24, 2.45) is 0 Å². The third-order valence-electron chi connectivity index (χ3n) is 6.43. The first kappa shape index (κ1) is 26.7. The Hall–Kier alpha value is -1.94. The maximum absolute atomic E-state index is 13.5. The van der Waals surface area contributed by atoms with E-state index < -0.39 is 15.3 Å². The molecule has 188 valence electrons. The highest BCUT2D eigenvalue weighted by atomic mass is 35.5. The number of halogens is 1. The number of piperidine rings is 1. The first-order chi connectivity index (χ1) is 16.2. The smallest absolute Gasteiger partial charge is 0.237 e. The number of fused-ring (bicyclic) bond motifs is 2. The lowest BCUT2D eigenvalue weighted by molar-refractivity contribution is -0.125. The van der Waals surface area contributed by atoms with Crippen LogP contribution in [0.2, 0.25) is 5.02 Å². The Balaban J connectivity index is 0.00000158. The normalized spacial score (nSPS) is 17.6. The van der Waals surface area contributed by atoms with Gasteiger partial charge in [0, 0.05) is 48.9 Å². The SMILES string of the molecule is CC.COCCN1C(=O)C2(CCN(Cc3cnn(CCS(C)(=O)=O)c3)CC2)c2cc(Cl)ccc21. The van der Waals surface area contributed by atoms with E-state index in [4.69, 9.17) is 16.3 Å². The molecule has 1 saturated heterocycles. The van der Waals surface area contributed by atoms with E-state index in [-0.39, 0.29) is 11.7 Å². The van der Waals surface area contributed by atoms with Crippen molar-refractivity contribution in [3.05, 3.63) is 46.7 Å². The summed E-state index contributed by atoms with van der Waals surface area (Å²) in [6.07, 6.45) is 6.37. The Morgan fingerprint density at radius 1 is 1.18 bits per heavy atom. The first-order valence-corrected chi connectivity index (χ1v) is 14.2. The van der Waals surface area contributed by atoms with Gasteiger partial charge < -0.3 is 9.64 Å². The second kappa shape index (κ2) is 11.2. The first-order valence-electron chi connectivity index (χ1n) is 11.7. The molecular formula is C24H35ClN4O4S. The van der Waals surface area contributed by atoms with Gasteiger partial charge in [-0.1, -0.05) is 25.4 Å². The Labute approximate surface area is 207 Å². The van der Waals surface area contributed by atoms with Crippen molar-refractivity contribution in [1.29, 1.82) is 0 Å². The van der Waals surface area contributed by atoms with Gasteiger partial charge in [0.15, 0.2) is 0 Å². The maximum Gasteiger partial charge on any atom is 0.237 e. The lowest BCUT2D eigenvalue weighted by Gasteiger charge is -2.38. The minimum Gasteiger partial charge on any atom is -0.383 e. The van der Waals surface area contributed by atoms with Crippen LogP contribution in [0, 0.1) is 0 Å². The molecule has 0 N–H and O–H groups in total. The Bertz CT molecular complexity index is 1090. The summed E-state index contributed by atoms with van der Waals surface area (Å²) in [7, 11) is -1.38. The minimum atomic E-state index is -3.02. The number of hydrogen-bond acceptors (Lipinski definition) is 6. The second-order valence-corrected chi connectivity index (χ2v) is 11.4. The molecule has 0 unspecified atom stereocenters. The number of aryl methyl sites for hydroxylation is 1. The van der Waals surface area contributed by atoms with Crippen LogP contribution in [0.4, 0.5) is 5.69 Å². The number of benzene rings is 1. The van der Waals surface area contributed by atoms with Crippen LogP contribution in [0.25, 0.3) is 0 Å². The Morgan fingerprint density at radius 3 is 2.53 bits per heavy atom. The molecule has 0 bridgehead atoms. The van der Waals surface area contributed by atoms with Gasteiger partial charge in [0.1, 0.15) is 9.84 Å².